The number of para-hydroxylation sites is 1. The lowest BCUT2D eigenvalue weighted by Crippen LogP contribution is -2.30. The molecule has 0 spiro atoms. The van der Waals surface area contributed by atoms with E-state index in [2.05, 4.69) is 28.8 Å². The van der Waals surface area contributed by atoms with E-state index in [9.17, 15) is 0 Å². The first-order chi connectivity index (χ1) is 8.43. The summed E-state index contributed by atoms with van der Waals surface area (Å²) in [6.45, 7) is 2.14. The monoisotopic (exact) mass is 266 g/mol. The van der Waals surface area contributed by atoms with Crippen molar-refractivity contribution in [3.05, 3.63) is 29.3 Å². The summed E-state index contributed by atoms with van der Waals surface area (Å²) in [5.41, 5.74) is 4.34. The van der Waals surface area contributed by atoms with Crippen LogP contribution in [0.2, 0.25) is 0 Å². The zero-order chi connectivity index (χ0) is 11.5. The molecular weight excluding hydrogens is 244 g/mol. The zero-order valence-electron chi connectivity index (χ0n) is 10.9. The molecule has 0 aromatic heterocycles. The van der Waals surface area contributed by atoms with E-state index in [0.717, 1.165) is 19.1 Å². The maximum absolute atomic E-state index is 3.73. The van der Waals surface area contributed by atoms with Gasteiger partial charge in [-0.1, -0.05) is 37.5 Å². The molecule has 0 atom stereocenters. The van der Waals surface area contributed by atoms with Crippen LogP contribution >= 0.6 is 12.4 Å². The van der Waals surface area contributed by atoms with Gasteiger partial charge in [-0.3, -0.25) is 0 Å². The lowest BCUT2D eigenvalue weighted by Gasteiger charge is -2.23. The Bertz CT molecular complexity index is 386. The van der Waals surface area contributed by atoms with Gasteiger partial charge in [-0.05, 0) is 30.4 Å². The Balaban J connectivity index is 0.00000120. The van der Waals surface area contributed by atoms with Crippen molar-refractivity contribution in [2.75, 3.05) is 11.9 Å². The topological polar surface area (TPSA) is 24.1 Å². The molecule has 1 saturated carbocycles. The summed E-state index contributed by atoms with van der Waals surface area (Å²) in [6, 6.07) is 7.46. The SMILES string of the molecule is Cl.c1cc2c(c(CNC3CCCCC3)c1)NCC2. The molecule has 1 aliphatic carbocycles. The van der Waals surface area contributed by atoms with E-state index in [1.165, 1.54) is 55.3 Å². The fourth-order valence-electron chi connectivity index (χ4n) is 3.12. The number of benzene rings is 1. The first-order valence-corrected chi connectivity index (χ1v) is 7.01. The van der Waals surface area contributed by atoms with Crippen molar-refractivity contribution in [3.8, 4) is 0 Å². The summed E-state index contributed by atoms with van der Waals surface area (Å²) in [5, 5.41) is 7.24. The van der Waals surface area contributed by atoms with E-state index in [0.29, 0.717) is 0 Å². The van der Waals surface area contributed by atoms with Gasteiger partial charge in [0.2, 0.25) is 0 Å². The molecule has 1 aliphatic heterocycles. The van der Waals surface area contributed by atoms with Gasteiger partial charge >= 0.3 is 0 Å². The highest BCUT2D eigenvalue weighted by molar-refractivity contribution is 5.85. The van der Waals surface area contributed by atoms with Gasteiger partial charge in [-0.2, -0.15) is 0 Å². The molecule has 0 amide bonds. The lowest BCUT2D eigenvalue weighted by atomic mass is 9.95. The average molecular weight is 267 g/mol. The summed E-state index contributed by atoms with van der Waals surface area (Å²) in [5.74, 6) is 0. The van der Waals surface area contributed by atoms with Crippen molar-refractivity contribution in [2.24, 2.45) is 0 Å². The average Bonchev–Trinajstić information content (AvgIpc) is 2.86. The molecule has 18 heavy (non-hydrogen) atoms. The number of nitrogens with one attached hydrogen (secondary N) is 2. The second-order valence-electron chi connectivity index (χ2n) is 5.34. The normalized spacial score (nSPS) is 18.9. The van der Waals surface area contributed by atoms with Gasteiger partial charge < -0.3 is 10.6 Å². The third-order valence-corrected chi connectivity index (χ3v) is 4.12. The molecule has 1 aromatic carbocycles. The predicted molar refractivity (Wildman–Crippen MR) is 79.6 cm³/mol. The fourth-order valence-corrected chi connectivity index (χ4v) is 3.12. The van der Waals surface area contributed by atoms with Crippen molar-refractivity contribution in [3.63, 3.8) is 0 Å². The van der Waals surface area contributed by atoms with Crippen molar-refractivity contribution in [1.82, 2.24) is 5.32 Å². The van der Waals surface area contributed by atoms with E-state index in [-0.39, 0.29) is 12.4 Å². The Labute approximate surface area is 116 Å². The maximum atomic E-state index is 3.73. The Morgan fingerprint density at radius 3 is 2.83 bits per heavy atom. The number of hydrogen-bond acceptors (Lipinski definition) is 2. The first kappa shape index (κ1) is 13.7. The molecule has 1 fully saturated rings. The van der Waals surface area contributed by atoms with E-state index < -0.39 is 0 Å². The molecule has 0 saturated heterocycles. The van der Waals surface area contributed by atoms with Crippen molar-refractivity contribution in [1.29, 1.82) is 0 Å². The highest BCUT2D eigenvalue weighted by atomic mass is 35.5. The second kappa shape index (κ2) is 6.44. The van der Waals surface area contributed by atoms with Crippen molar-refractivity contribution in [2.45, 2.75) is 51.1 Å². The smallest absolute Gasteiger partial charge is 0.0419 e. The Morgan fingerprint density at radius 1 is 1.17 bits per heavy atom. The maximum Gasteiger partial charge on any atom is 0.0419 e. The second-order valence-corrected chi connectivity index (χ2v) is 5.34. The summed E-state index contributed by atoms with van der Waals surface area (Å²) >= 11 is 0. The van der Waals surface area contributed by atoms with Gasteiger partial charge in [0.15, 0.2) is 0 Å². The number of fused-ring (bicyclic) bond motifs is 1. The van der Waals surface area contributed by atoms with E-state index in [4.69, 9.17) is 0 Å². The molecule has 0 radical (unpaired) electrons. The molecule has 1 aromatic rings. The molecule has 0 unspecified atom stereocenters. The molecule has 3 heteroatoms. The van der Waals surface area contributed by atoms with Crippen LogP contribution in [0.1, 0.15) is 43.2 Å². The van der Waals surface area contributed by atoms with E-state index >= 15 is 0 Å². The minimum atomic E-state index is 0. The van der Waals surface area contributed by atoms with Crippen LogP contribution in [0.5, 0.6) is 0 Å². The molecule has 2 aliphatic rings. The van der Waals surface area contributed by atoms with Gasteiger partial charge in [0.05, 0.1) is 0 Å². The van der Waals surface area contributed by atoms with Crippen LogP contribution in [0.25, 0.3) is 0 Å². The molecule has 3 rings (SSSR count). The standard InChI is InChI=1S/C15H22N2.ClH/c1-2-7-14(8-3-1)17-11-13-6-4-5-12-9-10-16-15(12)13;/h4-6,14,16-17H,1-3,7-11H2;1H. The summed E-state index contributed by atoms with van der Waals surface area (Å²) in [7, 11) is 0. The largest absolute Gasteiger partial charge is 0.384 e. The first-order valence-electron chi connectivity index (χ1n) is 7.01. The lowest BCUT2D eigenvalue weighted by molar-refractivity contribution is 0.372. The fraction of sp³-hybridized carbons (Fsp3) is 0.600. The molecule has 0 bridgehead atoms. The van der Waals surface area contributed by atoms with E-state index in [1.807, 2.05) is 0 Å². The highest BCUT2D eigenvalue weighted by Gasteiger charge is 2.16. The molecular formula is C15H23ClN2. The number of halogens is 1. The van der Waals surface area contributed by atoms with Gasteiger partial charge in [-0.25, -0.2) is 0 Å². The zero-order valence-corrected chi connectivity index (χ0v) is 11.7. The number of rotatable bonds is 3. The quantitative estimate of drug-likeness (QED) is 0.875. The van der Waals surface area contributed by atoms with Crippen LogP contribution in [-0.2, 0) is 13.0 Å². The van der Waals surface area contributed by atoms with Gasteiger partial charge in [-0.15, -0.1) is 12.4 Å². The Morgan fingerprint density at radius 2 is 2.00 bits per heavy atom. The predicted octanol–water partition coefficient (Wildman–Crippen LogP) is 3.50. The van der Waals surface area contributed by atoms with Crippen molar-refractivity contribution < 1.29 is 0 Å². The highest BCUT2D eigenvalue weighted by Crippen LogP contribution is 2.26. The van der Waals surface area contributed by atoms with Crippen LogP contribution in [0.4, 0.5) is 5.69 Å². The third kappa shape index (κ3) is 2.99. The van der Waals surface area contributed by atoms with Crippen LogP contribution in [0.15, 0.2) is 18.2 Å². The number of hydrogen-bond donors (Lipinski definition) is 2. The Kier molecular flexibility index (Phi) is 4.90. The van der Waals surface area contributed by atoms with Gasteiger partial charge in [0, 0.05) is 24.8 Å². The number of anilines is 1. The van der Waals surface area contributed by atoms with Crippen LogP contribution < -0.4 is 10.6 Å². The molecule has 1 heterocycles. The van der Waals surface area contributed by atoms with Gasteiger partial charge in [0.1, 0.15) is 0 Å². The Hall–Kier alpha value is -0.730. The summed E-state index contributed by atoms with van der Waals surface area (Å²) < 4.78 is 0. The van der Waals surface area contributed by atoms with Crippen LogP contribution in [0, 0.1) is 0 Å². The molecule has 2 nitrogen and oxygen atoms in total. The van der Waals surface area contributed by atoms with Gasteiger partial charge in [0.25, 0.3) is 0 Å². The minimum absolute atomic E-state index is 0. The summed E-state index contributed by atoms with van der Waals surface area (Å²) in [4.78, 5) is 0. The minimum Gasteiger partial charge on any atom is -0.384 e. The summed E-state index contributed by atoms with van der Waals surface area (Å²) in [6.07, 6.45) is 8.16. The molecule has 2 N–H and O–H groups in total. The third-order valence-electron chi connectivity index (χ3n) is 4.12. The van der Waals surface area contributed by atoms with E-state index in [1.54, 1.807) is 0 Å². The van der Waals surface area contributed by atoms with Crippen LogP contribution in [0.3, 0.4) is 0 Å². The van der Waals surface area contributed by atoms with Crippen LogP contribution in [-0.4, -0.2) is 12.6 Å². The van der Waals surface area contributed by atoms with Crippen molar-refractivity contribution >= 4 is 18.1 Å². The molecule has 100 valence electrons.